The van der Waals surface area contributed by atoms with Crippen molar-refractivity contribution in [3.05, 3.63) is 23.4 Å². The van der Waals surface area contributed by atoms with Gasteiger partial charge in [0.15, 0.2) is 5.82 Å². The van der Waals surface area contributed by atoms with Crippen molar-refractivity contribution in [1.82, 2.24) is 4.98 Å². The highest BCUT2D eigenvalue weighted by atomic mass is 35.5. The van der Waals surface area contributed by atoms with E-state index in [1.165, 1.54) is 0 Å². The van der Waals surface area contributed by atoms with Crippen LogP contribution in [0.2, 0.25) is 5.02 Å². The van der Waals surface area contributed by atoms with Gasteiger partial charge >= 0.3 is 0 Å². The average Bonchev–Trinajstić information content (AvgIpc) is 2.41. The Kier molecular flexibility index (Phi) is 4.55. The van der Waals surface area contributed by atoms with Gasteiger partial charge in [-0.05, 0) is 37.4 Å². The summed E-state index contributed by atoms with van der Waals surface area (Å²) < 4.78 is 0. The maximum atomic E-state index is 12.2. The Morgan fingerprint density at radius 3 is 3.00 bits per heavy atom. The molecule has 0 aliphatic heterocycles. The molecule has 4 nitrogen and oxygen atoms in total. The van der Waals surface area contributed by atoms with E-state index in [-0.39, 0.29) is 17.7 Å². The zero-order chi connectivity index (χ0) is 13.0. The van der Waals surface area contributed by atoms with Gasteiger partial charge < -0.3 is 11.1 Å². The van der Waals surface area contributed by atoms with Crippen molar-refractivity contribution in [2.24, 2.45) is 17.6 Å². The largest absolute Gasteiger partial charge is 0.330 e. The SMILES string of the molecule is NCC1CCCCC1C(=O)Nc1ncccc1Cl. The zero-order valence-corrected chi connectivity index (χ0v) is 11.0. The van der Waals surface area contributed by atoms with Crippen molar-refractivity contribution in [2.75, 3.05) is 11.9 Å². The van der Waals surface area contributed by atoms with E-state index in [0.29, 0.717) is 17.4 Å². The molecular weight excluding hydrogens is 250 g/mol. The summed E-state index contributed by atoms with van der Waals surface area (Å²) in [5.74, 6) is 0.694. The molecule has 2 atom stereocenters. The number of nitrogens with one attached hydrogen (secondary N) is 1. The van der Waals surface area contributed by atoms with Crippen LogP contribution in [0.25, 0.3) is 0 Å². The molecule has 5 heteroatoms. The van der Waals surface area contributed by atoms with Gasteiger partial charge in [0.2, 0.25) is 5.91 Å². The van der Waals surface area contributed by atoms with E-state index in [2.05, 4.69) is 10.3 Å². The molecule has 1 fully saturated rings. The quantitative estimate of drug-likeness (QED) is 0.884. The van der Waals surface area contributed by atoms with Crippen LogP contribution in [-0.2, 0) is 4.79 Å². The van der Waals surface area contributed by atoms with Crippen molar-refractivity contribution in [3.8, 4) is 0 Å². The first-order chi connectivity index (χ1) is 8.72. The molecule has 0 aromatic carbocycles. The Balaban J connectivity index is 2.05. The summed E-state index contributed by atoms with van der Waals surface area (Å²) >= 11 is 5.98. The van der Waals surface area contributed by atoms with E-state index >= 15 is 0 Å². The minimum Gasteiger partial charge on any atom is -0.330 e. The van der Waals surface area contributed by atoms with Crippen molar-refractivity contribution in [3.63, 3.8) is 0 Å². The van der Waals surface area contributed by atoms with E-state index < -0.39 is 0 Å². The van der Waals surface area contributed by atoms with E-state index in [9.17, 15) is 4.79 Å². The first-order valence-electron chi connectivity index (χ1n) is 6.34. The molecule has 2 rings (SSSR count). The van der Waals surface area contributed by atoms with Crippen molar-refractivity contribution in [1.29, 1.82) is 0 Å². The highest BCUT2D eigenvalue weighted by Gasteiger charge is 2.30. The van der Waals surface area contributed by atoms with Crippen LogP contribution < -0.4 is 11.1 Å². The number of aromatic nitrogens is 1. The smallest absolute Gasteiger partial charge is 0.229 e. The first kappa shape index (κ1) is 13.3. The summed E-state index contributed by atoms with van der Waals surface area (Å²) in [6, 6.07) is 3.45. The van der Waals surface area contributed by atoms with Crippen LogP contribution in [0.15, 0.2) is 18.3 Å². The summed E-state index contributed by atoms with van der Waals surface area (Å²) in [7, 11) is 0. The molecule has 1 amide bonds. The number of rotatable bonds is 3. The third kappa shape index (κ3) is 3.00. The molecule has 1 aromatic rings. The van der Waals surface area contributed by atoms with Crippen LogP contribution in [0, 0.1) is 11.8 Å². The van der Waals surface area contributed by atoms with E-state index in [1.54, 1.807) is 18.3 Å². The van der Waals surface area contributed by atoms with Crippen LogP contribution >= 0.6 is 11.6 Å². The topological polar surface area (TPSA) is 68.0 Å². The third-order valence-electron chi connectivity index (χ3n) is 3.55. The van der Waals surface area contributed by atoms with Gasteiger partial charge in [0.05, 0.1) is 5.02 Å². The molecule has 3 N–H and O–H groups in total. The van der Waals surface area contributed by atoms with E-state index in [4.69, 9.17) is 17.3 Å². The number of hydrogen-bond acceptors (Lipinski definition) is 3. The summed E-state index contributed by atoms with van der Waals surface area (Å²) in [6.07, 6.45) is 5.80. The van der Waals surface area contributed by atoms with Gasteiger partial charge in [-0.3, -0.25) is 4.79 Å². The number of anilines is 1. The Morgan fingerprint density at radius 2 is 2.28 bits per heavy atom. The number of hydrogen-bond donors (Lipinski definition) is 2. The van der Waals surface area contributed by atoms with Crippen LogP contribution in [-0.4, -0.2) is 17.4 Å². The normalized spacial score (nSPS) is 23.7. The monoisotopic (exact) mass is 267 g/mol. The molecule has 0 bridgehead atoms. The lowest BCUT2D eigenvalue weighted by Gasteiger charge is -2.29. The second kappa shape index (κ2) is 6.16. The lowest BCUT2D eigenvalue weighted by molar-refractivity contribution is -0.122. The fourth-order valence-electron chi connectivity index (χ4n) is 2.52. The molecule has 0 radical (unpaired) electrons. The molecule has 0 saturated heterocycles. The Labute approximate surface area is 112 Å². The minimum atomic E-state index is -0.0122. The fourth-order valence-corrected chi connectivity index (χ4v) is 2.69. The van der Waals surface area contributed by atoms with Gasteiger partial charge in [-0.15, -0.1) is 0 Å². The van der Waals surface area contributed by atoms with E-state index in [0.717, 1.165) is 25.7 Å². The summed E-state index contributed by atoms with van der Waals surface area (Å²) in [5.41, 5.74) is 5.73. The minimum absolute atomic E-state index is 0.00856. The summed E-state index contributed by atoms with van der Waals surface area (Å²) in [5, 5.41) is 3.27. The van der Waals surface area contributed by atoms with Crippen molar-refractivity contribution in [2.45, 2.75) is 25.7 Å². The predicted octanol–water partition coefficient (Wildman–Crippen LogP) is 2.44. The third-order valence-corrected chi connectivity index (χ3v) is 3.85. The number of nitrogens with two attached hydrogens (primary N) is 1. The molecule has 1 aliphatic carbocycles. The van der Waals surface area contributed by atoms with Gasteiger partial charge in [-0.1, -0.05) is 24.4 Å². The molecule has 1 aromatic heterocycles. The van der Waals surface area contributed by atoms with Gasteiger partial charge in [0, 0.05) is 12.1 Å². The van der Waals surface area contributed by atoms with Crippen LogP contribution in [0.4, 0.5) is 5.82 Å². The predicted molar refractivity (Wildman–Crippen MR) is 72.4 cm³/mol. The fraction of sp³-hybridized carbons (Fsp3) is 0.538. The molecule has 1 heterocycles. The number of nitrogens with zero attached hydrogens (tertiary/aromatic N) is 1. The van der Waals surface area contributed by atoms with Crippen LogP contribution in [0.1, 0.15) is 25.7 Å². The zero-order valence-electron chi connectivity index (χ0n) is 10.2. The number of halogens is 1. The molecule has 98 valence electrons. The van der Waals surface area contributed by atoms with Gasteiger partial charge in [0.25, 0.3) is 0 Å². The number of carbonyl (C=O) groups is 1. The molecule has 0 spiro atoms. The highest BCUT2D eigenvalue weighted by Crippen LogP contribution is 2.30. The van der Waals surface area contributed by atoms with Crippen LogP contribution in [0.3, 0.4) is 0 Å². The molecular formula is C13H18ClN3O. The first-order valence-corrected chi connectivity index (χ1v) is 6.71. The molecule has 1 aliphatic rings. The summed E-state index contributed by atoms with van der Waals surface area (Å²) in [4.78, 5) is 16.3. The molecule has 2 unspecified atom stereocenters. The van der Waals surface area contributed by atoms with Crippen molar-refractivity contribution < 1.29 is 4.79 Å². The second-order valence-corrected chi connectivity index (χ2v) is 5.12. The molecule has 1 saturated carbocycles. The van der Waals surface area contributed by atoms with Crippen molar-refractivity contribution >= 4 is 23.3 Å². The average molecular weight is 268 g/mol. The Hall–Kier alpha value is -1.13. The standard InChI is InChI=1S/C13H18ClN3O/c14-11-6-3-7-16-12(11)17-13(18)10-5-2-1-4-9(10)8-15/h3,6-7,9-10H,1-2,4-5,8,15H2,(H,16,17,18). The second-order valence-electron chi connectivity index (χ2n) is 4.71. The Morgan fingerprint density at radius 1 is 1.50 bits per heavy atom. The lowest BCUT2D eigenvalue weighted by atomic mass is 9.79. The number of pyridine rings is 1. The van der Waals surface area contributed by atoms with E-state index in [1.807, 2.05) is 0 Å². The maximum Gasteiger partial charge on any atom is 0.229 e. The van der Waals surface area contributed by atoms with Crippen LogP contribution in [0.5, 0.6) is 0 Å². The maximum absolute atomic E-state index is 12.2. The Bertz CT molecular complexity index is 424. The summed E-state index contributed by atoms with van der Waals surface area (Å²) in [6.45, 7) is 0.564. The highest BCUT2D eigenvalue weighted by molar-refractivity contribution is 6.33. The van der Waals surface area contributed by atoms with Gasteiger partial charge in [-0.2, -0.15) is 0 Å². The lowest BCUT2D eigenvalue weighted by Crippen LogP contribution is -2.35. The van der Waals surface area contributed by atoms with Gasteiger partial charge in [0.1, 0.15) is 0 Å². The van der Waals surface area contributed by atoms with Gasteiger partial charge in [-0.25, -0.2) is 4.98 Å². The number of carbonyl (C=O) groups excluding carboxylic acids is 1. The molecule has 18 heavy (non-hydrogen) atoms. The number of amides is 1.